The van der Waals surface area contributed by atoms with Crippen LogP contribution in [-0.2, 0) is 6.54 Å². The number of halogens is 1. The molecule has 0 amide bonds. The van der Waals surface area contributed by atoms with Crippen molar-refractivity contribution < 1.29 is 9.31 Å². The van der Waals surface area contributed by atoms with Crippen LogP contribution in [-0.4, -0.2) is 35.5 Å². The maximum Gasteiger partial charge on any atom is 0.272 e. The minimum Gasteiger partial charge on any atom is -0.314 e. The minimum atomic E-state index is -0.555. The number of piperidine rings is 1. The van der Waals surface area contributed by atoms with Crippen LogP contribution in [0.2, 0.25) is 0 Å². The molecule has 1 N–H and O–H groups in total. The molecule has 1 aliphatic heterocycles. The Morgan fingerprint density at radius 1 is 1.40 bits per heavy atom. The van der Waals surface area contributed by atoms with Gasteiger partial charge in [0.05, 0.1) is 11.0 Å². The first-order chi connectivity index (χ1) is 9.42. The quantitative estimate of drug-likeness (QED) is 0.679. The highest BCUT2D eigenvalue weighted by atomic mass is 19.1. The molecule has 6 heteroatoms. The van der Waals surface area contributed by atoms with Crippen LogP contribution in [0, 0.1) is 15.9 Å². The van der Waals surface area contributed by atoms with Crippen LogP contribution in [0.5, 0.6) is 0 Å². The van der Waals surface area contributed by atoms with Gasteiger partial charge in [-0.2, -0.15) is 0 Å². The molecule has 1 saturated heterocycles. The van der Waals surface area contributed by atoms with E-state index in [9.17, 15) is 14.5 Å². The largest absolute Gasteiger partial charge is 0.314 e. The van der Waals surface area contributed by atoms with Crippen LogP contribution in [0.25, 0.3) is 0 Å². The standard InChI is InChI=1S/C14H20FN3O2/c1-14(16-2)3-5-17(6-4-14)10-11-7-12(15)9-13(8-11)18(19)20/h7-9,16H,3-6,10H2,1-2H3. The Labute approximate surface area is 117 Å². The predicted molar refractivity (Wildman–Crippen MR) is 75.0 cm³/mol. The lowest BCUT2D eigenvalue weighted by molar-refractivity contribution is -0.385. The van der Waals surface area contributed by atoms with Gasteiger partial charge in [0.25, 0.3) is 5.69 Å². The summed E-state index contributed by atoms with van der Waals surface area (Å²) in [4.78, 5) is 12.4. The first-order valence-corrected chi connectivity index (χ1v) is 6.77. The van der Waals surface area contributed by atoms with E-state index in [1.807, 2.05) is 7.05 Å². The molecule has 0 radical (unpaired) electrons. The smallest absolute Gasteiger partial charge is 0.272 e. The van der Waals surface area contributed by atoms with Crippen molar-refractivity contribution in [3.8, 4) is 0 Å². The number of rotatable bonds is 4. The third kappa shape index (κ3) is 3.52. The van der Waals surface area contributed by atoms with Crippen LogP contribution in [0.15, 0.2) is 18.2 Å². The van der Waals surface area contributed by atoms with Crippen molar-refractivity contribution in [2.75, 3.05) is 20.1 Å². The molecule has 0 spiro atoms. The second kappa shape index (κ2) is 5.85. The molecule has 0 unspecified atom stereocenters. The number of benzene rings is 1. The molecule has 0 saturated carbocycles. The molecule has 1 aliphatic rings. The topological polar surface area (TPSA) is 58.4 Å². The van der Waals surface area contributed by atoms with Crippen molar-refractivity contribution >= 4 is 5.69 Å². The summed E-state index contributed by atoms with van der Waals surface area (Å²) in [5, 5.41) is 14.1. The van der Waals surface area contributed by atoms with E-state index in [2.05, 4.69) is 17.1 Å². The van der Waals surface area contributed by atoms with Crippen molar-refractivity contribution in [3.63, 3.8) is 0 Å². The molecule has 0 atom stereocenters. The van der Waals surface area contributed by atoms with Gasteiger partial charge in [0, 0.05) is 31.2 Å². The van der Waals surface area contributed by atoms with Gasteiger partial charge in [-0.1, -0.05) is 0 Å². The van der Waals surface area contributed by atoms with Gasteiger partial charge in [-0.15, -0.1) is 0 Å². The number of hydrogen-bond donors (Lipinski definition) is 1. The van der Waals surface area contributed by atoms with Gasteiger partial charge in [-0.3, -0.25) is 15.0 Å². The second-order valence-corrected chi connectivity index (χ2v) is 5.66. The highest BCUT2D eigenvalue weighted by molar-refractivity contribution is 5.35. The van der Waals surface area contributed by atoms with Crippen LogP contribution in [0.1, 0.15) is 25.3 Å². The van der Waals surface area contributed by atoms with Gasteiger partial charge in [0.2, 0.25) is 0 Å². The third-order valence-corrected chi connectivity index (χ3v) is 4.12. The summed E-state index contributed by atoms with van der Waals surface area (Å²) >= 11 is 0. The number of nitrogens with one attached hydrogen (secondary N) is 1. The Morgan fingerprint density at radius 3 is 2.60 bits per heavy atom. The van der Waals surface area contributed by atoms with E-state index in [0.29, 0.717) is 12.1 Å². The molecular formula is C14H20FN3O2. The number of likely N-dealkylation sites (tertiary alicyclic amines) is 1. The molecule has 110 valence electrons. The zero-order valence-electron chi connectivity index (χ0n) is 11.9. The summed E-state index contributed by atoms with van der Waals surface area (Å²) in [5.74, 6) is -0.550. The average Bonchev–Trinajstić information content (AvgIpc) is 2.41. The number of nitro groups is 1. The van der Waals surface area contributed by atoms with E-state index in [1.54, 1.807) is 0 Å². The summed E-state index contributed by atoms with van der Waals surface area (Å²) in [6.07, 6.45) is 2.03. The normalized spacial score (nSPS) is 18.9. The van der Waals surface area contributed by atoms with Crippen LogP contribution in [0.4, 0.5) is 10.1 Å². The Morgan fingerprint density at radius 2 is 2.05 bits per heavy atom. The average molecular weight is 281 g/mol. The Balaban J connectivity index is 2.03. The summed E-state index contributed by atoms with van der Waals surface area (Å²) in [5.41, 5.74) is 0.631. The second-order valence-electron chi connectivity index (χ2n) is 5.66. The highest BCUT2D eigenvalue weighted by Gasteiger charge is 2.28. The summed E-state index contributed by atoms with van der Waals surface area (Å²) < 4.78 is 13.4. The lowest BCUT2D eigenvalue weighted by Crippen LogP contribution is -2.49. The maximum atomic E-state index is 13.4. The Bertz CT molecular complexity index is 499. The van der Waals surface area contributed by atoms with Crippen molar-refractivity contribution in [1.82, 2.24) is 10.2 Å². The monoisotopic (exact) mass is 281 g/mol. The third-order valence-electron chi connectivity index (χ3n) is 4.12. The van der Waals surface area contributed by atoms with Crippen LogP contribution >= 0.6 is 0 Å². The van der Waals surface area contributed by atoms with Gasteiger partial charge in [-0.25, -0.2) is 4.39 Å². The summed E-state index contributed by atoms with van der Waals surface area (Å²) in [6, 6.07) is 3.78. The van der Waals surface area contributed by atoms with Crippen LogP contribution in [0.3, 0.4) is 0 Å². The highest BCUT2D eigenvalue weighted by Crippen LogP contribution is 2.24. The van der Waals surface area contributed by atoms with E-state index < -0.39 is 10.7 Å². The molecule has 1 aromatic rings. The minimum absolute atomic E-state index is 0.157. The van der Waals surface area contributed by atoms with E-state index in [1.165, 1.54) is 12.1 Å². The first-order valence-electron chi connectivity index (χ1n) is 6.77. The fourth-order valence-corrected chi connectivity index (χ4v) is 2.54. The molecule has 1 heterocycles. The fraction of sp³-hybridized carbons (Fsp3) is 0.571. The van der Waals surface area contributed by atoms with Gasteiger partial charge >= 0.3 is 0 Å². The molecular weight excluding hydrogens is 261 g/mol. The molecule has 5 nitrogen and oxygen atoms in total. The number of nitro benzene ring substituents is 1. The van der Waals surface area contributed by atoms with Crippen molar-refractivity contribution in [3.05, 3.63) is 39.7 Å². The molecule has 2 rings (SSSR count). The lowest BCUT2D eigenvalue weighted by Gasteiger charge is -2.39. The SMILES string of the molecule is CNC1(C)CCN(Cc2cc(F)cc([N+](=O)[O-])c2)CC1. The number of non-ortho nitro benzene ring substituents is 1. The van der Waals surface area contributed by atoms with E-state index in [-0.39, 0.29) is 11.2 Å². The summed E-state index contributed by atoms with van der Waals surface area (Å²) in [6.45, 7) is 4.55. The van der Waals surface area contributed by atoms with E-state index >= 15 is 0 Å². The van der Waals surface area contributed by atoms with Gasteiger partial charge in [-0.05, 0) is 38.4 Å². The molecule has 1 aromatic carbocycles. The maximum absolute atomic E-state index is 13.4. The Kier molecular flexibility index (Phi) is 4.35. The number of hydrogen-bond acceptors (Lipinski definition) is 4. The molecule has 1 fully saturated rings. The zero-order valence-corrected chi connectivity index (χ0v) is 11.9. The van der Waals surface area contributed by atoms with E-state index in [0.717, 1.165) is 32.0 Å². The Hall–Kier alpha value is -1.53. The first kappa shape index (κ1) is 14.9. The fourth-order valence-electron chi connectivity index (χ4n) is 2.54. The molecule has 0 bridgehead atoms. The van der Waals surface area contributed by atoms with E-state index in [4.69, 9.17) is 0 Å². The lowest BCUT2D eigenvalue weighted by atomic mass is 9.90. The summed E-state index contributed by atoms with van der Waals surface area (Å²) in [7, 11) is 1.96. The van der Waals surface area contributed by atoms with Crippen LogP contribution < -0.4 is 5.32 Å². The van der Waals surface area contributed by atoms with Gasteiger partial charge < -0.3 is 5.32 Å². The van der Waals surface area contributed by atoms with Gasteiger partial charge in [0.1, 0.15) is 5.82 Å². The van der Waals surface area contributed by atoms with Crippen molar-refractivity contribution in [2.45, 2.75) is 31.8 Å². The van der Waals surface area contributed by atoms with Gasteiger partial charge in [0.15, 0.2) is 0 Å². The molecule has 0 aromatic heterocycles. The molecule has 20 heavy (non-hydrogen) atoms. The van der Waals surface area contributed by atoms with Crippen molar-refractivity contribution in [2.24, 2.45) is 0 Å². The zero-order chi connectivity index (χ0) is 14.8. The molecule has 0 aliphatic carbocycles. The van der Waals surface area contributed by atoms with Crippen molar-refractivity contribution in [1.29, 1.82) is 0 Å². The number of nitrogens with zero attached hydrogens (tertiary/aromatic N) is 2. The predicted octanol–water partition coefficient (Wildman–Crippen LogP) is 2.31.